The Morgan fingerprint density at radius 3 is 1.84 bits per heavy atom. The number of allylic oxidation sites excluding steroid dienone is 5. The zero-order valence-corrected chi connectivity index (χ0v) is 20.5. The van der Waals surface area contributed by atoms with Crippen LogP contribution in [0, 0.1) is 20.8 Å². The lowest BCUT2D eigenvalue weighted by atomic mass is 9.88. The molecule has 1 rings (SSSR count). The molecule has 0 aliphatic rings. The second kappa shape index (κ2) is 12.8. The van der Waals surface area contributed by atoms with Gasteiger partial charge in [-0.25, -0.2) is 0 Å². The summed E-state index contributed by atoms with van der Waals surface area (Å²) in [6.45, 7) is 11.2. The van der Waals surface area contributed by atoms with Crippen LogP contribution in [0.1, 0.15) is 88.0 Å². The molecule has 0 aliphatic carbocycles. The molecule has 0 spiro atoms. The van der Waals surface area contributed by atoms with Crippen LogP contribution in [-0.4, -0.2) is 20.9 Å². The molecule has 0 bridgehead atoms. The second-order valence-corrected chi connectivity index (χ2v) is 9.26. The van der Waals surface area contributed by atoms with Gasteiger partial charge in [0.05, 0.1) is 5.60 Å². The van der Waals surface area contributed by atoms with Crippen molar-refractivity contribution in [2.75, 3.05) is 0 Å². The molecule has 1 atom stereocenters. The Morgan fingerprint density at radius 1 is 0.781 bits per heavy atom. The zero-order valence-electron chi connectivity index (χ0n) is 20.5. The van der Waals surface area contributed by atoms with Gasteiger partial charge in [0.1, 0.15) is 11.5 Å². The smallest absolute Gasteiger partial charge is 0.266 e. The van der Waals surface area contributed by atoms with Crippen molar-refractivity contribution in [1.82, 2.24) is 0 Å². The van der Waals surface area contributed by atoms with Gasteiger partial charge in [0.2, 0.25) is 0 Å². The number of hydrogen-bond acceptors (Lipinski definition) is 3. The Morgan fingerprint density at radius 2 is 1.28 bits per heavy atom. The molecule has 3 N–H and O–H groups in total. The average molecular weight is 451 g/mol. The minimum Gasteiger partial charge on any atom is -0.507 e. The quantitative estimate of drug-likeness (QED) is 0.226. The first-order chi connectivity index (χ1) is 14.9. The first-order valence-electron chi connectivity index (χ1n) is 11.4. The SMILES string of the molecule is C/C(=C\CC/C(C)=C/CC[C@](C)(O)CCc1c(C)c(O)c(C)c(C)c1O)CCC=C(F)F. The first kappa shape index (κ1) is 27.9. The molecule has 0 heterocycles. The number of phenols is 2. The molecule has 0 aliphatic heterocycles. The van der Waals surface area contributed by atoms with Gasteiger partial charge in [-0.1, -0.05) is 23.3 Å². The minimum atomic E-state index is -1.62. The standard InChI is InChI=1S/C27H40F2O3/c1-18(12-8-14-24(28)29)10-7-11-19(2)13-9-16-27(6,32)17-15-23-22(5)25(30)20(3)21(4)26(23)31/h10,13-14,30-32H,7-9,11-12,15-17H2,1-6H3/b18-10+,19-13+/t27-/m0/s1. The number of phenolic OH excluding ortho intramolecular Hbond substituents is 2. The van der Waals surface area contributed by atoms with Crippen molar-refractivity contribution in [2.45, 2.75) is 98.5 Å². The number of rotatable bonds is 12. The van der Waals surface area contributed by atoms with Crippen LogP contribution < -0.4 is 0 Å². The molecular formula is C27H40F2O3. The van der Waals surface area contributed by atoms with Gasteiger partial charge in [0.25, 0.3) is 6.08 Å². The normalized spacial score (nSPS) is 14.4. The Bertz CT molecular complexity index is 831. The van der Waals surface area contributed by atoms with E-state index in [9.17, 15) is 24.1 Å². The summed E-state index contributed by atoms with van der Waals surface area (Å²) in [7, 11) is 0. The minimum absolute atomic E-state index is 0.207. The maximum Gasteiger partial charge on any atom is 0.266 e. The summed E-state index contributed by atoms with van der Waals surface area (Å²) in [5.41, 5.74) is 4.22. The summed E-state index contributed by atoms with van der Waals surface area (Å²) in [6, 6.07) is 0. The number of aliphatic hydroxyl groups is 1. The highest BCUT2D eigenvalue weighted by atomic mass is 19.3. The highest BCUT2D eigenvalue weighted by molar-refractivity contribution is 5.56. The van der Waals surface area contributed by atoms with Gasteiger partial charge in [-0.05, 0) is 116 Å². The Balaban J connectivity index is 2.53. The summed E-state index contributed by atoms with van der Waals surface area (Å²) in [5, 5.41) is 31.5. The summed E-state index contributed by atoms with van der Waals surface area (Å²) in [5.74, 6) is 0.419. The van der Waals surface area contributed by atoms with Crippen molar-refractivity contribution in [2.24, 2.45) is 0 Å². The monoisotopic (exact) mass is 450 g/mol. The van der Waals surface area contributed by atoms with Crippen LogP contribution >= 0.6 is 0 Å². The van der Waals surface area contributed by atoms with Gasteiger partial charge in [0, 0.05) is 5.56 Å². The lowest BCUT2D eigenvalue weighted by molar-refractivity contribution is 0.0431. The van der Waals surface area contributed by atoms with E-state index in [1.54, 1.807) is 20.8 Å². The van der Waals surface area contributed by atoms with E-state index in [-0.39, 0.29) is 11.5 Å². The lowest BCUT2D eigenvalue weighted by Gasteiger charge is -2.24. The van der Waals surface area contributed by atoms with E-state index < -0.39 is 11.7 Å². The van der Waals surface area contributed by atoms with Gasteiger partial charge >= 0.3 is 0 Å². The van der Waals surface area contributed by atoms with E-state index in [4.69, 9.17) is 0 Å². The molecule has 32 heavy (non-hydrogen) atoms. The van der Waals surface area contributed by atoms with Gasteiger partial charge in [0.15, 0.2) is 0 Å². The van der Waals surface area contributed by atoms with E-state index >= 15 is 0 Å². The zero-order chi connectivity index (χ0) is 24.5. The molecule has 1 aromatic carbocycles. The highest BCUT2D eigenvalue weighted by Gasteiger charge is 2.23. The predicted octanol–water partition coefficient (Wildman–Crippen LogP) is 7.72. The largest absolute Gasteiger partial charge is 0.507 e. The molecule has 0 amide bonds. The molecule has 0 unspecified atom stereocenters. The van der Waals surface area contributed by atoms with Crippen LogP contribution in [0.2, 0.25) is 0 Å². The molecule has 0 fully saturated rings. The summed E-state index contributed by atoms with van der Waals surface area (Å²) >= 11 is 0. The lowest BCUT2D eigenvalue weighted by Crippen LogP contribution is -2.24. The first-order valence-corrected chi connectivity index (χ1v) is 11.4. The van der Waals surface area contributed by atoms with Crippen LogP contribution in [0.15, 0.2) is 35.5 Å². The maximum atomic E-state index is 12.1. The van der Waals surface area contributed by atoms with Gasteiger partial charge in [-0.15, -0.1) is 0 Å². The van der Waals surface area contributed by atoms with Crippen LogP contribution in [0.5, 0.6) is 11.5 Å². The maximum absolute atomic E-state index is 12.1. The summed E-state index contributed by atoms with van der Waals surface area (Å²) in [6.07, 6.45) is 8.73. The van der Waals surface area contributed by atoms with Gasteiger partial charge < -0.3 is 15.3 Å². The van der Waals surface area contributed by atoms with Crippen molar-refractivity contribution in [1.29, 1.82) is 0 Å². The van der Waals surface area contributed by atoms with Gasteiger partial charge in [-0.3, -0.25) is 0 Å². The van der Waals surface area contributed by atoms with E-state index in [1.165, 1.54) is 5.57 Å². The summed E-state index contributed by atoms with van der Waals surface area (Å²) in [4.78, 5) is 0. The molecule has 0 aromatic heterocycles. The number of halogens is 2. The van der Waals surface area contributed by atoms with Crippen molar-refractivity contribution in [3.05, 3.63) is 57.7 Å². The van der Waals surface area contributed by atoms with Crippen LogP contribution in [0.3, 0.4) is 0 Å². The van der Waals surface area contributed by atoms with E-state index in [0.29, 0.717) is 54.4 Å². The highest BCUT2D eigenvalue weighted by Crippen LogP contribution is 2.37. The van der Waals surface area contributed by atoms with Gasteiger partial charge in [-0.2, -0.15) is 8.78 Å². The van der Waals surface area contributed by atoms with Crippen molar-refractivity contribution < 1.29 is 24.1 Å². The number of benzene rings is 1. The number of hydrogen-bond donors (Lipinski definition) is 3. The number of aromatic hydroxyl groups is 2. The third-order valence-corrected chi connectivity index (χ3v) is 6.32. The van der Waals surface area contributed by atoms with Crippen LogP contribution in [0.4, 0.5) is 8.78 Å². The molecule has 5 heteroatoms. The van der Waals surface area contributed by atoms with Crippen molar-refractivity contribution in [3.63, 3.8) is 0 Å². The average Bonchev–Trinajstić information content (AvgIpc) is 2.70. The fraction of sp³-hybridized carbons (Fsp3) is 0.556. The molecular weight excluding hydrogens is 410 g/mol. The third kappa shape index (κ3) is 9.15. The Kier molecular flexibility index (Phi) is 11.1. The van der Waals surface area contributed by atoms with Crippen LogP contribution in [-0.2, 0) is 6.42 Å². The fourth-order valence-electron chi connectivity index (χ4n) is 3.80. The molecule has 3 nitrogen and oxygen atoms in total. The van der Waals surface area contributed by atoms with Crippen LogP contribution in [0.25, 0.3) is 0 Å². The molecule has 0 saturated carbocycles. The van der Waals surface area contributed by atoms with Crippen molar-refractivity contribution >= 4 is 0 Å². The fourth-order valence-corrected chi connectivity index (χ4v) is 3.80. The predicted molar refractivity (Wildman–Crippen MR) is 128 cm³/mol. The molecule has 180 valence electrons. The Hall–Kier alpha value is -2.14. The van der Waals surface area contributed by atoms with E-state index in [0.717, 1.165) is 30.9 Å². The topological polar surface area (TPSA) is 60.7 Å². The molecule has 0 radical (unpaired) electrons. The Labute approximate surface area is 192 Å². The molecule has 1 aromatic rings. The second-order valence-electron chi connectivity index (χ2n) is 9.26. The van der Waals surface area contributed by atoms with Crippen molar-refractivity contribution in [3.8, 4) is 11.5 Å². The summed E-state index contributed by atoms with van der Waals surface area (Å²) < 4.78 is 24.1. The van der Waals surface area contributed by atoms with E-state index in [1.807, 2.05) is 13.8 Å². The molecule has 0 saturated heterocycles. The third-order valence-electron chi connectivity index (χ3n) is 6.32. The van der Waals surface area contributed by atoms with E-state index in [2.05, 4.69) is 19.1 Å².